The quantitative estimate of drug-likeness (QED) is 0.670. The van der Waals surface area contributed by atoms with E-state index < -0.39 is 0 Å². The number of fused-ring (bicyclic) bond motifs is 2. The summed E-state index contributed by atoms with van der Waals surface area (Å²) in [7, 11) is 1.71. The van der Waals surface area contributed by atoms with Crippen LogP contribution >= 0.6 is 11.3 Å². The predicted octanol–water partition coefficient (Wildman–Crippen LogP) is 3.66. The average molecular weight is 398 g/mol. The highest BCUT2D eigenvalue weighted by molar-refractivity contribution is 7.22. The van der Waals surface area contributed by atoms with Crippen molar-refractivity contribution in [3.05, 3.63) is 41.5 Å². The molecule has 0 atom stereocenters. The first-order valence-corrected chi connectivity index (χ1v) is 10.3. The fourth-order valence-electron chi connectivity index (χ4n) is 3.79. The van der Waals surface area contributed by atoms with Crippen LogP contribution in [0.25, 0.3) is 10.2 Å². The van der Waals surface area contributed by atoms with Gasteiger partial charge >= 0.3 is 0 Å². The lowest BCUT2D eigenvalue weighted by atomic mass is 10.1. The van der Waals surface area contributed by atoms with Crippen molar-refractivity contribution in [3.8, 4) is 17.2 Å². The number of aromatic nitrogens is 1. The van der Waals surface area contributed by atoms with Gasteiger partial charge < -0.3 is 19.1 Å². The minimum Gasteiger partial charge on any atom is -0.494 e. The summed E-state index contributed by atoms with van der Waals surface area (Å²) in [4.78, 5) is 9.75. The van der Waals surface area contributed by atoms with Crippen molar-refractivity contribution in [1.29, 1.82) is 0 Å². The lowest BCUT2D eigenvalue weighted by Crippen LogP contribution is -2.45. The van der Waals surface area contributed by atoms with Gasteiger partial charge in [-0.2, -0.15) is 0 Å². The molecule has 146 valence electrons. The van der Waals surface area contributed by atoms with Gasteiger partial charge in [-0.3, -0.25) is 4.90 Å². The largest absolute Gasteiger partial charge is 0.494 e. The molecule has 6 nitrogen and oxygen atoms in total. The zero-order valence-corrected chi connectivity index (χ0v) is 16.9. The summed E-state index contributed by atoms with van der Waals surface area (Å²) in [5.74, 6) is 2.55. The maximum Gasteiger partial charge on any atom is 0.231 e. The number of thiazole rings is 1. The van der Waals surface area contributed by atoms with Crippen LogP contribution in [0, 0.1) is 6.92 Å². The molecule has 3 heterocycles. The SMILES string of the molecule is COc1ccc(C)c2sc(N3CCN(Cc4ccc5c(c4)OCO5)CC3)nc12. The van der Waals surface area contributed by atoms with E-state index >= 15 is 0 Å². The Kier molecular flexibility index (Phi) is 4.49. The van der Waals surface area contributed by atoms with Gasteiger partial charge in [0.2, 0.25) is 6.79 Å². The molecule has 0 amide bonds. The van der Waals surface area contributed by atoms with E-state index in [2.05, 4.69) is 34.9 Å². The normalized spacial score (nSPS) is 16.7. The summed E-state index contributed by atoms with van der Waals surface area (Å²) >= 11 is 1.76. The number of benzene rings is 2. The molecule has 2 aliphatic rings. The first-order valence-electron chi connectivity index (χ1n) is 9.51. The second-order valence-corrected chi connectivity index (χ2v) is 8.19. The molecule has 0 radical (unpaired) electrons. The monoisotopic (exact) mass is 397 g/mol. The molecule has 2 aromatic carbocycles. The van der Waals surface area contributed by atoms with Crippen LogP contribution in [0.15, 0.2) is 30.3 Å². The number of hydrogen-bond donors (Lipinski definition) is 0. The molecule has 0 aliphatic carbocycles. The second-order valence-electron chi connectivity index (χ2n) is 7.21. The topological polar surface area (TPSA) is 47.1 Å². The fourth-order valence-corrected chi connectivity index (χ4v) is 4.90. The summed E-state index contributed by atoms with van der Waals surface area (Å²) in [6.45, 7) is 7.37. The standard InChI is InChI=1S/C21H23N3O3S/c1-14-3-5-17(25-2)19-20(14)28-21(22-19)24-9-7-23(8-10-24)12-15-4-6-16-18(11-15)27-13-26-16/h3-6,11H,7-10,12-13H2,1-2H3. The molecule has 0 bridgehead atoms. The third kappa shape index (κ3) is 3.14. The summed E-state index contributed by atoms with van der Waals surface area (Å²) in [6.07, 6.45) is 0. The van der Waals surface area contributed by atoms with Gasteiger partial charge in [0.15, 0.2) is 16.6 Å². The Bertz CT molecular complexity index is 1010. The first kappa shape index (κ1) is 17.6. The number of hydrogen-bond acceptors (Lipinski definition) is 7. The molecule has 1 saturated heterocycles. The maximum atomic E-state index is 5.50. The number of anilines is 1. The van der Waals surface area contributed by atoms with Gasteiger partial charge in [-0.15, -0.1) is 0 Å². The molecule has 1 fully saturated rings. The third-order valence-corrected chi connectivity index (χ3v) is 6.65. The molecule has 0 spiro atoms. The van der Waals surface area contributed by atoms with E-state index in [1.165, 1.54) is 15.8 Å². The number of ether oxygens (including phenoxy) is 3. The zero-order valence-electron chi connectivity index (χ0n) is 16.1. The highest BCUT2D eigenvalue weighted by Gasteiger charge is 2.22. The van der Waals surface area contributed by atoms with Crippen molar-refractivity contribution in [1.82, 2.24) is 9.88 Å². The zero-order chi connectivity index (χ0) is 19.1. The van der Waals surface area contributed by atoms with E-state index in [-0.39, 0.29) is 0 Å². The van der Waals surface area contributed by atoms with Crippen molar-refractivity contribution < 1.29 is 14.2 Å². The molecule has 0 saturated carbocycles. The number of aryl methyl sites for hydroxylation is 1. The molecule has 2 aliphatic heterocycles. The Labute approximate surface area is 168 Å². The molecule has 0 N–H and O–H groups in total. The van der Waals surface area contributed by atoms with E-state index in [4.69, 9.17) is 19.2 Å². The van der Waals surface area contributed by atoms with Gasteiger partial charge in [-0.1, -0.05) is 23.5 Å². The van der Waals surface area contributed by atoms with Crippen LogP contribution in [-0.4, -0.2) is 50.0 Å². The Balaban J connectivity index is 1.27. The molecular weight excluding hydrogens is 374 g/mol. The van der Waals surface area contributed by atoms with Crippen LogP contribution < -0.4 is 19.1 Å². The van der Waals surface area contributed by atoms with Gasteiger partial charge in [0.25, 0.3) is 0 Å². The van der Waals surface area contributed by atoms with E-state index in [1.807, 2.05) is 12.1 Å². The summed E-state index contributed by atoms with van der Waals surface area (Å²) < 4.78 is 17.6. The van der Waals surface area contributed by atoms with E-state index in [0.29, 0.717) is 6.79 Å². The number of piperazine rings is 1. The highest BCUT2D eigenvalue weighted by atomic mass is 32.1. The molecule has 5 rings (SSSR count). The first-order chi connectivity index (χ1) is 13.7. The van der Waals surface area contributed by atoms with Gasteiger partial charge in [0.1, 0.15) is 11.3 Å². The number of methoxy groups -OCH3 is 1. The molecule has 7 heteroatoms. The second kappa shape index (κ2) is 7.14. The van der Waals surface area contributed by atoms with E-state index in [0.717, 1.165) is 60.6 Å². The minimum atomic E-state index is 0.323. The molecular formula is C21H23N3O3S. The lowest BCUT2D eigenvalue weighted by molar-refractivity contribution is 0.174. The van der Waals surface area contributed by atoms with Gasteiger partial charge in [-0.05, 0) is 36.2 Å². The van der Waals surface area contributed by atoms with Crippen molar-refractivity contribution in [2.24, 2.45) is 0 Å². The Morgan fingerprint density at radius 2 is 1.89 bits per heavy atom. The Morgan fingerprint density at radius 1 is 1.07 bits per heavy atom. The van der Waals surface area contributed by atoms with E-state index in [1.54, 1.807) is 18.4 Å². The third-order valence-electron chi connectivity index (χ3n) is 5.40. The van der Waals surface area contributed by atoms with Crippen LogP contribution in [0.4, 0.5) is 5.13 Å². The fraction of sp³-hybridized carbons (Fsp3) is 0.381. The molecule has 0 unspecified atom stereocenters. The van der Waals surface area contributed by atoms with Gasteiger partial charge in [0, 0.05) is 32.7 Å². The van der Waals surface area contributed by atoms with Crippen LogP contribution in [0.2, 0.25) is 0 Å². The van der Waals surface area contributed by atoms with E-state index in [9.17, 15) is 0 Å². The van der Waals surface area contributed by atoms with Crippen molar-refractivity contribution in [2.75, 3.05) is 45.0 Å². The highest BCUT2D eigenvalue weighted by Crippen LogP contribution is 2.37. The van der Waals surface area contributed by atoms with Crippen molar-refractivity contribution in [3.63, 3.8) is 0 Å². The van der Waals surface area contributed by atoms with Gasteiger partial charge in [-0.25, -0.2) is 4.98 Å². The van der Waals surface area contributed by atoms with Crippen molar-refractivity contribution in [2.45, 2.75) is 13.5 Å². The summed E-state index contributed by atoms with van der Waals surface area (Å²) in [5.41, 5.74) is 3.49. The van der Waals surface area contributed by atoms with Crippen molar-refractivity contribution >= 4 is 26.7 Å². The van der Waals surface area contributed by atoms with Gasteiger partial charge in [0.05, 0.1) is 11.8 Å². The van der Waals surface area contributed by atoms with Crippen LogP contribution in [-0.2, 0) is 6.54 Å². The van der Waals surface area contributed by atoms with Crippen LogP contribution in [0.1, 0.15) is 11.1 Å². The number of rotatable bonds is 4. The summed E-state index contributed by atoms with van der Waals surface area (Å²) in [6, 6.07) is 10.3. The minimum absolute atomic E-state index is 0.323. The average Bonchev–Trinajstić information content (AvgIpc) is 3.36. The number of nitrogens with zero attached hydrogens (tertiary/aromatic N) is 3. The Morgan fingerprint density at radius 3 is 2.71 bits per heavy atom. The van der Waals surface area contributed by atoms with Crippen LogP contribution in [0.3, 0.4) is 0 Å². The van der Waals surface area contributed by atoms with Crippen LogP contribution in [0.5, 0.6) is 17.2 Å². The smallest absolute Gasteiger partial charge is 0.231 e. The summed E-state index contributed by atoms with van der Waals surface area (Å²) in [5, 5.41) is 1.09. The Hall–Kier alpha value is -2.51. The lowest BCUT2D eigenvalue weighted by Gasteiger charge is -2.34. The maximum absolute atomic E-state index is 5.50. The predicted molar refractivity (Wildman–Crippen MR) is 111 cm³/mol. The molecule has 28 heavy (non-hydrogen) atoms. The molecule has 3 aromatic rings. The molecule has 1 aromatic heterocycles.